The monoisotopic (exact) mass is 334 g/mol. The Morgan fingerprint density at radius 1 is 1.22 bits per heavy atom. The van der Waals surface area contributed by atoms with Crippen LogP contribution in [0, 0.1) is 0 Å². The second-order valence-corrected chi connectivity index (χ2v) is 5.89. The lowest BCUT2D eigenvalue weighted by Crippen LogP contribution is -2.46. The van der Waals surface area contributed by atoms with Gasteiger partial charge >= 0.3 is 5.97 Å². The molecule has 0 spiro atoms. The fraction of sp³-hybridized carbons (Fsp3) is 0.353. The summed E-state index contributed by atoms with van der Waals surface area (Å²) in [6.45, 7) is 4.27. The Morgan fingerprint density at radius 3 is 2.65 bits per heavy atom. The van der Waals surface area contributed by atoms with E-state index in [0.717, 1.165) is 42.5 Å². The van der Waals surface area contributed by atoms with Crippen molar-refractivity contribution in [3.63, 3.8) is 0 Å². The molecule has 6 heteroatoms. The molecular formula is C17H19ClN2O3. The van der Waals surface area contributed by atoms with Gasteiger partial charge in [0.05, 0.1) is 24.1 Å². The lowest BCUT2D eigenvalue weighted by molar-refractivity contribution is 0.0561. The summed E-state index contributed by atoms with van der Waals surface area (Å²) in [5, 5.41) is 0.781. The van der Waals surface area contributed by atoms with Crippen LogP contribution >= 0.6 is 11.6 Å². The minimum Gasteiger partial charge on any atom is -0.463 e. The first kappa shape index (κ1) is 15.9. The predicted octanol–water partition coefficient (Wildman–Crippen LogP) is 3.04. The number of hydrogen-bond donors (Lipinski definition) is 0. The predicted molar refractivity (Wildman–Crippen MR) is 89.0 cm³/mol. The number of halogens is 1. The number of anilines is 1. The number of para-hydroxylation sites is 1. The van der Waals surface area contributed by atoms with Gasteiger partial charge in [0.15, 0.2) is 0 Å². The number of benzene rings is 1. The highest BCUT2D eigenvalue weighted by atomic mass is 35.5. The molecule has 2 aromatic rings. The molecule has 1 fully saturated rings. The summed E-state index contributed by atoms with van der Waals surface area (Å²) >= 11 is 6.26. The zero-order valence-electron chi connectivity index (χ0n) is 13.0. The van der Waals surface area contributed by atoms with E-state index in [9.17, 15) is 4.79 Å². The Morgan fingerprint density at radius 2 is 1.96 bits per heavy atom. The molecule has 5 nitrogen and oxygen atoms in total. The van der Waals surface area contributed by atoms with Gasteiger partial charge in [0.2, 0.25) is 5.76 Å². The zero-order valence-corrected chi connectivity index (χ0v) is 13.8. The Kier molecular flexibility index (Phi) is 4.88. The van der Waals surface area contributed by atoms with E-state index < -0.39 is 5.97 Å². The van der Waals surface area contributed by atoms with Crippen LogP contribution in [0.2, 0.25) is 5.02 Å². The summed E-state index contributed by atoms with van der Waals surface area (Å²) in [6, 6.07) is 9.73. The quantitative estimate of drug-likeness (QED) is 0.804. The first-order valence-electron chi connectivity index (χ1n) is 7.55. The van der Waals surface area contributed by atoms with Crippen LogP contribution in [0.4, 0.5) is 5.69 Å². The molecule has 1 aliphatic heterocycles. The first-order chi connectivity index (χ1) is 11.2. The van der Waals surface area contributed by atoms with Crippen molar-refractivity contribution in [2.24, 2.45) is 0 Å². The van der Waals surface area contributed by atoms with E-state index >= 15 is 0 Å². The SMILES string of the molecule is COC(=O)c1occc1CN1CCN(c2ccccc2Cl)CC1. The average Bonchev–Trinajstić information content (AvgIpc) is 3.03. The van der Waals surface area contributed by atoms with E-state index in [-0.39, 0.29) is 0 Å². The van der Waals surface area contributed by atoms with Crippen molar-refractivity contribution < 1.29 is 13.9 Å². The highest BCUT2D eigenvalue weighted by Crippen LogP contribution is 2.26. The summed E-state index contributed by atoms with van der Waals surface area (Å²) in [4.78, 5) is 16.2. The van der Waals surface area contributed by atoms with E-state index in [1.807, 2.05) is 30.3 Å². The van der Waals surface area contributed by atoms with E-state index in [0.29, 0.717) is 12.3 Å². The van der Waals surface area contributed by atoms with Crippen LogP contribution in [0.15, 0.2) is 41.0 Å². The minimum atomic E-state index is -0.431. The number of esters is 1. The average molecular weight is 335 g/mol. The largest absolute Gasteiger partial charge is 0.463 e. The first-order valence-corrected chi connectivity index (χ1v) is 7.93. The van der Waals surface area contributed by atoms with Crippen molar-refractivity contribution in [2.75, 3.05) is 38.2 Å². The molecule has 1 aromatic carbocycles. The zero-order chi connectivity index (χ0) is 16.2. The second kappa shape index (κ2) is 7.06. The summed E-state index contributed by atoms with van der Waals surface area (Å²) in [6.07, 6.45) is 1.53. The highest BCUT2D eigenvalue weighted by Gasteiger charge is 2.22. The Balaban J connectivity index is 1.61. The van der Waals surface area contributed by atoms with Gasteiger partial charge in [-0.1, -0.05) is 23.7 Å². The number of nitrogens with zero attached hydrogens (tertiary/aromatic N) is 2. The standard InChI is InChI=1S/C17H19ClN2O3/c1-22-17(21)16-13(6-11-23-16)12-19-7-9-20(10-8-19)15-5-3-2-4-14(15)18/h2-6,11H,7-10,12H2,1H3. The lowest BCUT2D eigenvalue weighted by Gasteiger charge is -2.36. The molecule has 0 saturated carbocycles. The molecular weight excluding hydrogens is 316 g/mol. The van der Waals surface area contributed by atoms with Gasteiger partial charge in [0, 0.05) is 38.3 Å². The van der Waals surface area contributed by atoms with Gasteiger partial charge < -0.3 is 14.1 Å². The maximum Gasteiger partial charge on any atom is 0.374 e. The minimum absolute atomic E-state index is 0.293. The van der Waals surface area contributed by atoms with Crippen LogP contribution in [0.5, 0.6) is 0 Å². The number of hydrogen-bond acceptors (Lipinski definition) is 5. The van der Waals surface area contributed by atoms with Gasteiger partial charge in [0.1, 0.15) is 0 Å². The second-order valence-electron chi connectivity index (χ2n) is 5.48. The van der Waals surface area contributed by atoms with Gasteiger partial charge in [-0.2, -0.15) is 0 Å². The van der Waals surface area contributed by atoms with E-state index in [1.54, 1.807) is 0 Å². The van der Waals surface area contributed by atoms with Gasteiger partial charge in [0.25, 0.3) is 0 Å². The number of methoxy groups -OCH3 is 1. The molecule has 1 aromatic heterocycles. The Labute approximate surface area is 140 Å². The third kappa shape index (κ3) is 3.51. The molecule has 1 saturated heterocycles. The molecule has 0 N–H and O–H groups in total. The van der Waals surface area contributed by atoms with Crippen LogP contribution in [0.1, 0.15) is 16.1 Å². The van der Waals surface area contributed by atoms with Gasteiger partial charge in [-0.3, -0.25) is 4.90 Å². The molecule has 23 heavy (non-hydrogen) atoms. The number of ether oxygens (including phenoxy) is 1. The van der Waals surface area contributed by atoms with E-state index in [1.165, 1.54) is 13.4 Å². The molecule has 1 aliphatic rings. The smallest absolute Gasteiger partial charge is 0.374 e. The van der Waals surface area contributed by atoms with Crippen molar-refractivity contribution in [2.45, 2.75) is 6.54 Å². The molecule has 122 valence electrons. The molecule has 0 radical (unpaired) electrons. The van der Waals surface area contributed by atoms with Crippen LogP contribution in [-0.2, 0) is 11.3 Å². The number of rotatable bonds is 4. The maximum atomic E-state index is 11.7. The van der Waals surface area contributed by atoms with Crippen molar-refractivity contribution in [1.82, 2.24) is 4.90 Å². The lowest BCUT2D eigenvalue weighted by atomic mass is 10.2. The van der Waals surface area contributed by atoms with Crippen molar-refractivity contribution >= 4 is 23.3 Å². The summed E-state index contributed by atoms with van der Waals surface area (Å²) in [7, 11) is 1.36. The molecule has 3 rings (SSSR count). The van der Waals surface area contributed by atoms with E-state index in [4.69, 9.17) is 20.8 Å². The van der Waals surface area contributed by atoms with Crippen molar-refractivity contribution in [3.8, 4) is 0 Å². The van der Waals surface area contributed by atoms with Gasteiger partial charge in [-0.25, -0.2) is 4.79 Å². The number of piperazine rings is 1. The summed E-state index contributed by atoms with van der Waals surface area (Å²) in [5.41, 5.74) is 1.94. The van der Waals surface area contributed by atoms with Gasteiger partial charge in [-0.15, -0.1) is 0 Å². The topological polar surface area (TPSA) is 45.9 Å². The summed E-state index contributed by atoms with van der Waals surface area (Å²) in [5.74, 6) is -0.138. The fourth-order valence-electron chi connectivity index (χ4n) is 2.83. The molecule has 0 aliphatic carbocycles. The maximum absolute atomic E-state index is 11.7. The number of furan rings is 1. The van der Waals surface area contributed by atoms with Gasteiger partial charge in [-0.05, 0) is 18.2 Å². The van der Waals surface area contributed by atoms with E-state index in [2.05, 4.69) is 9.80 Å². The molecule has 0 atom stereocenters. The van der Waals surface area contributed by atoms with Crippen LogP contribution in [0.3, 0.4) is 0 Å². The summed E-state index contributed by atoms with van der Waals surface area (Å²) < 4.78 is 9.97. The fourth-order valence-corrected chi connectivity index (χ4v) is 3.08. The molecule has 0 amide bonds. The number of carbonyl (C=O) groups is 1. The number of carbonyl (C=O) groups excluding carboxylic acids is 1. The third-order valence-electron chi connectivity index (χ3n) is 4.08. The van der Waals surface area contributed by atoms with Crippen LogP contribution in [0.25, 0.3) is 0 Å². The van der Waals surface area contributed by atoms with Crippen LogP contribution < -0.4 is 4.90 Å². The molecule has 2 heterocycles. The van der Waals surface area contributed by atoms with Crippen molar-refractivity contribution in [1.29, 1.82) is 0 Å². The third-order valence-corrected chi connectivity index (χ3v) is 4.40. The molecule has 0 unspecified atom stereocenters. The van der Waals surface area contributed by atoms with Crippen molar-refractivity contribution in [3.05, 3.63) is 52.9 Å². The Hall–Kier alpha value is -1.98. The molecule has 0 bridgehead atoms. The normalized spacial score (nSPS) is 15.7. The highest BCUT2D eigenvalue weighted by molar-refractivity contribution is 6.33. The van der Waals surface area contributed by atoms with Crippen LogP contribution in [-0.4, -0.2) is 44.2 Å². The Bertz CT molecular complexity index is 678.